The quantitative estimate of drug-likeness (QED) is 0.659. The van der Waals surface area contributed by atoms with Crippen LogP contribution in [0.25, 0.3) is 16.8 Å². The van der Waals surface area contributed by atoms with E-state index in [-0.39, 0.29) is 6.09 Å². The number of aromatic nitrogens is 5. The minimum Gasteiger partial charge on any atom is -0.444 e. The molecule has 0 bridgehead atoms. The number of anilines is 1. The zero-order valence-corrected chi connectivity index (χ0v) is 19.7. The number of nitrogens with zero attached hydrogens (tertiary/aromatic N) is 6. The first-order valence-electron chi connectivity index (χ1n) is 11.0. The van der Waals surface area contributed by atoms with Crippen molar-refractivity contribution in [1.82, 2.24) is 29.3 Å². The lowest BCUT2D eigenvalue weighted by Crippen LogP contribution is -2.44. The number of nitrogens with two attached hydrogens (primary N) is 1. The topological polar surface area (TPSA) is 113 Å². The Kier molecular flexibility index (Phi) is 7.02. The summed E-state index contributed by atoms with van der Waals surface area (Å²) in [7, 11) is 0. The van der Waals surface area contributed by atoms with Gasteiger partial charge in [-0.05, 0) is 27.7 Å². The first-order valence-corrected chi connectivity index (χ1v) is 11.0. The normalized spacial score (nSPS) is 16.6. The highest BCUT2D eigenvalue weighted by Crippen LogP contribution is 2.28. The highest BCUT2D eigenvalue weighted by Gasteiger charge is 2.30. The average molecular weight is 444 g/mol. The average Bonchev–Trinajstić information content (AvgIpc) is 3.41. The van der Waals surface area contributed by atoms with Crippen molar-refractivity contribution in [3.63, 3.8) is 0 Å². The van der Waals surface area contributed by atoms with Crippen LogP contribution in [0.1, 0.15) is 53.3 Å². The molecule has 1 atom stereocenters. The number of rotatable bonds is 3. The predicted molar refractivity (Wildman–Crippen MR) is 122 cm³/mol. The van der Waals surface area contributed by atoms with Gasteiger partial charge in [0.2, 0.25) is 0 Å². The minimum absolute atomic E-state index is 0.342. The Labute approximate surface area is 188 Å². The smallest absolute Gasteiger partial charge is 0.410 e. The van der Waals surface area contributed by atoms with Crippen LogP contribution in [0.3, 0.4) is 0 Å². The fourth-order valence-corrected chi connectivity index (χ4v) is 3.37. The van der Waals surface area contributed by atoms with E-state index in [1.54, 1.807) is 27.9 Å². The van der Waals surface area contributed by atoms with E-state index in [4.69, 9.17) is 20.2 Å². The van der Waals surface area contributed by atoms with Gasteiger partial charge in [0.1, 0.15) is 17.5 Å². The summed E-state index contributed by atoms with van der Waals surface area (Å²) in [5, 5.41) is 8.69. The van der Waals surface area contributed by atoms with Crippen molar-refractivity contribution in [3.05, 3.63) is 30.4 Å². The first-order chi connectivity index (χ1) is 15.2. The van der Waals surface area contributed by atoms with Crippen LogP contribution in [0, 0.1) is 0 Å². The third kappa shape index (κ3) is 5.01. The Balaban J connectivity index is 0.00000141. The third-order valence-corrected chi connectivity index (χ3v) is 4.84. The lowest BCUT2D eigenvalue weighted by molar-refractivity contribution is -0.0446. The van der Waals surface area contributed by atoms with E-state index in [0.29, 0.717) is 36.9 Å². The summed E-state index contributed by atoms with van der Waals surface area (Å²) >= 11 is 0. The van der Waals surface area contributed by atoms with Crippen molar-refractivity contribution in [3.8, 4) is 11.1 Å². The van der Waals surface area contributed by atoms with E-state index in [1.807, 2.05) is 52.4 Å². The van der Waals surface area contributed by atoms with E-state index >= 15 is 0 Å². The zero-order valence-electron chi connectivity index (χ0n) is 19.7. The lowest BCUT2D eigenvalue weighted by Gasteiger charge is -2.34. The van der Waals surface area contributed by atoms with Crippen LogP contribution in [0.15, 0.2) is 24.7 Å². The number of amides is 1. The molecule has 1 saturated heterocycles. The van der Waals surface area contributed by atoms with Gasteiger partial charge in [0.05, 0.1) is 31.2 Å². The van der Waals surface area contributed by atoms with Crippen LogP contribution in [0.4, 0.5) is 10.6 Å². The summed E-state index contributed by atoms with van der Waals surface area (Å²) in [6.45, 7) is 13.6. The monoisotopic (exact) mass is 443 g/mol. The van der Waals surface area contributed by atoms with Crippen molar-refractivity contribution < 1.29 is 14.3 Å². The van der Waals surface area contributed by atoms with Gasteiger partial charge >= 0.3 is 6.09 Å². The number of aryl methyl sites for hydroxylation is 1. The Morgan fingerprint density at radius 1 is 1.28 bits per heavy atom. The number of carbonyl (C=O) groups is 1. The molecule has 32 heavy (non-hydrogen) atoms. The minimum atomic E-state index is -0.554. The van der Waals surface area contributed by atoms with Crippen molar-refractivity contribution in [2.24, 2.45) is 0 Å². The Bertz CT molecular complexity index is 1070. The standard InChI is InChI=1S/C20H27N7O3.C2H6/c1-5-26-11-13(9-22-26)14-10-23-27-17(21)8-15(24-18(14)27)16-12-25(6-7-29-16)19(28)30-20(2,3)4;1-2/h8-11,16H,5-7,12,21H2,1-4H3;1-2H3. The molecule has 0 saturated carbocycles. The van der Waals surface area contributed by atoms with Gasteiger partial charge in [-0.3, -0.25) is 4.68 Å². The van der Waals surface area contributed by atoms with Crippen molar-refractivity contribution in [1.29, 1.82) is 0 Å². The van der Waals surface area contributed by atoms with E-state index in [9.17, 15) is 4.79 Å². The van der Waals surface area contributed by atoms with Crippen molar-refractivity contribution in [2.75, 3.05) is 25.4 Å². The van der Waals surface area contributed by atoms with Crippen LogP contribution in [0.5, 0.6) is 0 Å². The van der Waals surface area contributed by atoms with E-state index in [1.165, 1.54) is 0 Å². The molecule has 0 radical (unpaired) electrons. The molecule has 0 aromatic carbocycles. The Morgan fingerprint density at radius 3 is 2.69 bits per heavy atom. The van der Waals surface area contributed by atoms with E-state index in [2.05, 4.69) is 10.2 Å². The predicted octanol–water partition coefficient (Wildman–Crippen LogP) is 3.53. The highest BCUT2D eigenvalue weighted by molar-refractivity contribution is 5.77. The summed E-state index contributed by atoms with van der Waals surface area (Å²) in [5.41, 5.74) is 8.71. The van der Waals surface area contributed by atoms with E-state index < -0.39 is 11.7 Å². The highest BCUT2D eigenvalue weighted by atomic mass is 16.6. The van der Waals surface area contributed by atoms with Crippen LogP contribution in [-0.4, -0.2) is 60.7 Å². The largest absolute Gasteiger partial charge is 0.444 e. The molecule has 10 nitrogen and oxygen atoms in total. The second-order valence-electron chi connectivity index (χ2n) is 8.27. The van der Waals surface area contributed by atoms with Crippen LogP contribution in [-0.2, 0) is 16.0 Å². The van der Waals surface area contributed by atoms with Gasteiger partial charge < -0.3 is 20.1 Å². The molecule has 3 aromatic heterocycles. The third-order valence-electron chi connectivity index (χ3n) is 4.84. The number of hydrogen-bond acceptors (Lipinski definition) is 7. The molecular formula is C22H33N7O3. The fraction of sp³-hybridized carbons (Fsp3) is 0.545. The molecule has 174 valence electrons. The second-order valence-corrected chi connectivity index (χ2v) is 8.27. The molecule has 1 aliphatic heterocycles. The number of ether oxygens (including phenoxy) is 2. The number of nitrogen functional groups attached to an aromatic ring is 1. The molecule has 0 spiro atoms. The molecular weight excluding hydrogens is 410 g/mol. The van der Waals surface area contributed by atoms with Gasteiger partial charge in [-0.15, -0.1) is 0 Å². The molecule has 0 aliphatic carbocycles. The number of carbonyl (C=O) groups excluding carboxylic acids is 1. The molecule has 3 aromatic rings. The number of hydrogen-bond donors (Lipinski definition) is 1. The van der Waals surface area contributed by atoms with Crippen molar-refractivity contribution >= 4 is 17.6 Å². The molecule has 1 fully saturated rings. The summed E-state index contributed by atoms with van der Waals surface area (Å²) < 4.78 is 14.8. The van der Waals surface area contributed by atoms with Gasteiger partial charge in [0.25, 0.3) is 0 Å². The van der Waals surface area contributed by atoms with E-state index in [0.717, 1.165) is 17.7 Å². The maximum Gasteiger partial charge on any atom is 0.410 e. The molecule has 1 amide bonds. The fourth-order valence-electron chi connectivity index (χ4n) is 3.37. The van der Waals surface area contributed by atoms with Gasteiger partial charge in [-0.1, -0.05) is 13.8 Å². The maximum atomic E-state index is 12.5. The van der Waals surface area contributed by atoms with Crippen molar-refractivity contribution in [2.45, 2.75) is 59.8 Å². The van der Waals surface area contributed by atoms with Gasteiger partial charge in [-0.25, -0.2) is 9.78 Å². The molecule has 4 rings (SSSR count). The molecule has 4 heterocycles. The van der Waals surface area contributed by atoms with Gasteiger partial charge in [0, 0.05) is 36.5 Å². The zero-order chi connectivity index (χ0) is 23.5. The van der Waals surface area contributed by atoms with Gasteiger partial charge in [-0.2, -0.15) is 14.7 Å². The first kappa shape index (κ1) is 23.5. The second kappa shape index (κ2) is 9.56. The summed E-state index contributed by atoms with van der Waals surface area (Å²) in [6, 6.07) is 1.74. The number of morpholine rings is 1. The molecule has 1 aliphatic rings. The van der Waals surface area contributed by atoms with Crippen LogP contribution in [0.2, 0.25) is 0 Å². The SMILES string of the molecule is CC.CCn1cc(-c2cnn3c(N)cc(C4CN(C(=O)OC(C)(C)C)CCO4)nc23)cn1. The summed E-state index contributed by atoms with van der Waals surface area (Å²) in [5.74, 6) is 0.446. The summed E-state index contributed by atoms with van der Waals surface area (Å²) in [6.07, 6.45) is 4.70. The maximum absolute atomic E-state index is 12.5. The Morgan fingerprint density at radius 2 is 2.03 bits per heavy atom. The Hall–Kier alpha value is -3.14. The summed E-state index contributed by atoms with van der Waals surface area (Å²) in [4.78, 5) is 18.9. The van der Waals surface area contributed by atoms with Crippen LogP contribution >= 0.6 is 0 Å². The number of fused-ring (bicyclic) bond motifs is 1. The molecule has 10 heteroatoms. The lowest BCUT2D eigenvalue weighted by atomic mass is 10.1. The molecule has 2 N–H and O–H groups in total. The molecule has 1 unspecified atom stereocenters. The van der Waals surface area contributed by atoms with Crippen LogP contribution < -0.4 is 5.73 Å². The van der Waals surface area contributed by atoms with Gasteiger partial charge in [0.15, 0.2) is 5.65 Å².